The van der Waals surface area contributed by atoms with Crippen LogP contribution in [-0.2, 0) is 0 Å². The summed E-state index contributed by atoms with van der Waals surface area (Å²) in [6, 6.07) is 22.0. The van der Waals surface area contributed by atoms with Gasteiger partial charge < -0.3 is 14.8 Å². The molecule has 0 aliphatic carbocycles. The summed E-state index contributed by atoms with van der Waals surface area (Å²) in [7, 11) is 3.20. The Morgan fingerprint density at radius 1 is 0.912 bits per heavy atom. The Morgan fingerprint density at radius 3 is 2.32 bits per heavy atom. The number of halogens is 1. The second-order valence-electron chi connectivity index (χ2n) is 7.75. The largest absolute Gasteiger partial charge is 0.493 e. The van der Waals surface area contributed by atoms with Gasteiger partial charge in [0, 0.05) is 21.7 Å². The number of ether oxygens (including phenoxy) is 2. The van der Waals surface area contributed by atoms with E-state index in [2.05, 4.69) is 20.5 Å². The number of fused-ring (bicyclic) bond motifs is 1. The second kappa shape index (κ2) is 8.82. The highest BCUT2D eigenvalue weighted by atomic mass is 19.1. The Morgan fingerprint density at radius 2 is 1.62 bits per heavy atom. The van der Waals surface area contributed by atoms with Gasteiger partial charge in [-0.3, -0.25) is 0 Å². The Balaban J connectivity index is 1.73. The number of rotatable bonds is 6. The quantitative estimate of drug-likeness (QED) is 0.347. The van der Waals surface area contributed by atoms with Gasteiger partial charge >= 0.3 is 11.9 Å². The molecule has 0 fully saturated rings. The number of nitrogens with one attached hydrogen (secondary N) is 2. The lowest BCUT2D eigenvalue weighted by atomic mass is 10.0. The summed E-state index contributed by atoms with van der Waals surface area (Å²) >= 11 is 0. The molecule has 0 atom stereocenters. The number of benzene rings is 3. The van der Waals surface area contributed by atoms with Crippen LogP contribution in [0.15, 0.2) is 72.8 Å². The van der Waals surface area contributed by atoms with Crippen molar-refractivity contribution in [3.05, 3.63) is 84.3 Å². The van der Waals surface area contributed by atoms with Crippen molar-refractivity contribution >= 4 is 22.4 Å². The molecule has 0 spiro atoms. The standard InChI is InChI=1S/C26H23FN5O2/c1-16-13-18-14-22(33-2)23(34-3)15-21(18)24(17-9-11-19(27)12-10-17)32(16)26-29-25(30-31-26)28-20-7-5-4-6-8-20/h4-15H,1-3H3,(H2,28,29,30,31)/q+1. The van der Waals surface area contributed by atoms with E-state index in [0.717, 1.165) is 33.4 Å². The van der Waals surface area contributed by atoms with E-state index in [1.165, 1.54) is 12.1 Å². The maximum atomic E-state index is 13.8. The van der Waals surface area contributed by atoms with Crippen molar-refractivity contribution < 1.29 is 18.4 Å². The minimum atomic E-state index is -0.307. The highest BCUT2D eigenvalue weighted by molar-refractivity contribution is 5.95. The molecule has 3 aromatic carbocycles. The van der Waals surface area contributed by atoms with Gasteiger partial charge in [-0.15, -0.1) is 0 Å². The Labute approximate surface area is 195 Å². The summed E-state index contributed by atoms with van der Waals surface area (Å²) in [5, 5.41) is 12.5. The number of hydrogen-bond donors (Lipinski definition) is 2. The summed E-state index contributed by atoms with van der Waals surface area (Å²) in [6.45, 7) is 1.98. The van der Waals surface area contributed by atoms with E-state index < -0.39 is 0 Å². The number of aromatic amines is 1. The molecule has 0 aliphatic heterocycles. The fraction of sp³-hybridized carbons (Fsp3) is 0.115. The molecule has 0 bridgehead atoms. The molecule has 5 aromatic rings. The van der Waals surface area contributed by atoms with Crippen LogP contribution in [0.1, 0.15) is 5.69 Å². The van der Waals surface area contributed by atoms with Crippen LogP contribution in [0.2, 0.25) is 0 Å². The van der Waals surface area contributed by atoms with Crippen LogP contribution < -0.4 is 19.4 Å². The van der Waals surface area contributed by atoms with E-state index >= 15 is 0 Å². The van der Waals surface area contributed by atoms with Gasteiger partial charge in [-0.25, -0.2) is 4.39 Å². The van der Waals surface area contributed by atoms with Gasteiger partial charge in [0.2, 0.25) is 0 Å². The van der Waals surface area contributed by atoms with Crippen LogP contribution in [0.4, 0.5) is 16.0 Å². The molecular weight excluding hydrogens is 433 g/mol. The van der Waals surface area contributed by atoms with Crippen molar-refractivity contribution in [1.82, 2.24) is 15.2 Å². The number of H-pyrrole nitrogens is 1. The maximum absolute atomic E-state index is 13.8. The minimum absolute atomic E-state index is 0.307. The van der Waals surface area contributed by atoms with E-state index in [-0.39, 0.29) is 5.82 Å². The van der Waals surface area contributed by atoms with E-state index in [9.17, 15) is 4.39 Å². The Kier molecular flexibility index (Phi) is 5.55. The molecule has 0 aliphatic rings. The molecule has 2 heterocycles. The summed E-state index contributed by atoms with van der Waals surface area (Å²) in [5.41, 5.74) is 3.40. The molecule has 34 heavy (non-hydrogen) atoms. The van der Waals surface area contributed by atoms with Crippen molar-refractivity contribution in [3.8, 4) is 28.7 Å². The molecule has 170 valence electrons. The van der Waals surface area contributed by atoms with Gasteiger partial charge in [0.15, 0.2) is 11.5 Å². The van der Waals surface area contributed by atoms with Gasteiger partial charge in [0.25, 0.3) is 0 Å². The van der Waals surface area contributed by atoms with Crippen LogP contribution >= 0.6 is 0 Å². The average molecular weight is 457 g/mol. The highest BCUT2D eigenvalue weighted by Gasteiger charge is 2.25. The normalized spacial score (nSPS) is 10.9. The van der Waals surface area contributed by atoms with Gasteiger partial charge in [0.05, 0.1) is 19.9 Å². The highest BCUT2D eigenvalue weighted by Crippen LogP contribution is 2.36. The van der Waals surface area contributed by atoms with E-state index in [1.807, 2.05) is 60.0 Å². The molecule has 7 nitrogen and oxygen atoms in total. The summed E-state index contributed by atoms with van der Waals surface area (Å²) in [5.74, 6) is 1.87. The topological polar surface area (TPSA) is 75.9 Å². The Bertz CT molecular complexity index is 1470. The second-order valence-corrected chi connectivity index (χ2v) is 7.75. The molecule has 0 saturated heterocycles. The zero-order valence-corrected chi connectivity index (χ0v) is 19.0. The lowest BCUT2D eigenvalue weighted by Crippen LogP contribution is -2.38. The van der Waals surface area contributed by atoms with E-state index in [1.54, 1.807) is 26.4 Å². The fourth-order valence-electron chi connectivity index (χ4n) is 4.02. The molecular formula is C26H23FN5O2+. The predicted molar refractivity (Wildman–Crippen MR) is 128 cm³/mol. The lowest BCUT2D eigenvalue weighted by Gasteiger charge is -2.15. The molecule has 0 amide bonds. The number of methoxy groups -OCH3 is 2. The molecule has 0 unspecified atom stereocenters. The smallest absolute Gasteiger partial charge is 0.462 e. The van der Waals surface area contributed by atoms with Crippen LogP contribution in [-0.4, -0.2) is 29.4 Å². The first kappa shape index (κ1) is 21.4. The van der Waals surface area contributed by atoms with Gasteiger partial charge in [-0.05, 0) is 71.9 Å². The first-order chi connectivity index (χ1) is 16.6. The molecule has 0 radical (unpaired) electrons. The number of aromatic nitrogens is 4. The first-order valence-electron chi connectivity index (χ1n) is 10.7. The molecule has 8 heteroatoms. The third-order valence-corrected chi connectivity index (χ3v) is 5.58. The zero-order chi connectivity index (χ0) is 23.7. The minimum Gasteiger partial charge on any atom is -0.493 e. The summed E-state index contributed by atoms with van der Waals surface area (Å²) in [6.07, 6.45) is 0. The third-order valence-electron chi connectivity index (χ3n) is 5.58. The molecule has 2 N–H and O–H groups in total. The number of hydrogen-bond acceptors (Lipinski definition) is 5. The number of nitrogens with zero attached hydrogens (tertiary/aromatic N) is 3. The SMILES string of the molecule is COc1cc2cc(C)[n+](-c3n[nH]c(Nc4ccccc4)n3)c(-c3ccc(F)cc3)c2cc1OC. The van der Waals surface area contributed by atoms with Gasteiger partial charge in [-0.1, -0.05) is 18.2 Å². The van der Waals surface area contributed by atoms with Crippen molar-refractivity contribution in [3.63, 3.8) is 0 Å². The molecule has 2 aromatic heterocycles. The fourth-order valence-corrected chi connectivity index (χ4v) is 4.02. The van der Waals surface area contributed by atoms with Gasteiger partial charge in [0.1, 0.15) is 11.5 Å². The van der Waals surface area contributed by atoms with Crippen molar-refractivity contribution in [2.45, 2.75) is 6.92 Å². The molecule has 5 rings (SSSR count). The third kappa shape index (κ3) is 3.90. The lowest BCUT2D eigenvalue weighted by molar-refractivity contribution is -0.597. The van der Waals surface area contributed by atoms with Crippen molar-refractivity contribution in [1.29, 1.82) is 0 Å². The summed E-state index contributed by atoms with van der Waals surface area (Å²) < 4.78 is 26.8. The zero-order valence-electron chi connectivity index (χ0n) is 19.0. The Hall–Kier alpha value is -4.46. The van der Waals surface area contributed by atoms with E-state index in [0.29, 0.717) is 23.4 Å². The number of para-hydroxylation sites is 1. The maximum Gasteiger partial charge on any atom is 0.462 e. The van der Waals surface area contributed by atoms with Crippen LogP contribution in [0.25, 0.3) is 28.0 Å². The van der Waals surface area contributed by atoms with Gasteiger partial charge in [-0.2, -0.15) is 9.67 Å². The van der Waals surface area contributed by atoms with Crippen LogP contribution in [0.5, 0.6) is 11.5 Å². The monoisotopic (exact) mass is 456 g/mol. The summed E-state index contributed by atoms with van der Waals surface area (Å²) in [4.78, 5) is 4.68. The first-order valence-corrected chi connectivity index (χ1v) is 10.7. The average Bonchev–Trinajstić information content (AvgIpc) is 3.31. The van der Waals surface area contributed by atoms with Crippen LogP contribution in [0, 0.1) is 12.7 Å². The van der Waals surface area contributed by atoms with E-state index in [4.69, 9.17) is 9.47 Å². The van der Waals surface area contributed by atoms with Crippen LogP contribution in [0.3, 0.4) is 0 Å². The van der Waals surface area contributed by atoms with Crippen molar-refractivity contribution in [2.75, 3.05) is 19.5 Å². The molecule has 0 saturated carbocycles. The van der Waals surface area contributed by atoms with Crippen molar-refractivity contribution in [2.24, 2.45) is 0 Å². The predicted octanol–water partition coefficient (Wildman–Crippen LogP) is 5.11. The number of anilines is 2. The number of pyridine rings is 1. The number of aryl methyl sites for hydroxylation is 1.